The molecule has 1 atom stereocenters. The van der Waals surface area contributed by atoms with Crippen LogP contribution in [0.4, 0.5) is 0 Å². The molecular formula is C12H14O2. The van der Waals surface area contributed by atoms with Gasteiger partial charge < -0.3 is 4.74 Å². The van der Waals surface area contributed by atoms with Crippen LogP contribution in [-0.4, -0.2) is 12.4 Å². The minimum absolute atomic E-state index is 0.0157. The maximum absolute atomic E-state index is 11.9. The van der Waals surface area contributed by atoms with Gasteiger partial charge in [-0.1, -0.05) is 24.6 Å². The molecule has 0 radical (unpaired) electrons. The number of aryl methyl sites for hydroxylation is 1. The number of ether oxygens (including phenoxy) is 1. The number of benzene rings is 1. The summed E-state index contributed by atoms with van der Waals surface area (Å²) in [5.41, 5.74) is 2.99. The molecule has 1 aromatic rings. The number of carbonyl (C=O) groups excluding carboxylic acids is 1. The van der Waals surface area contributed by atoms with Crippen molar-refractivity contribution in [3.63, 3.8) is 0 Å². The second-order valence-corrected chi connectivity index (χ2v) is 3.94. The van der Waals surface area contributed by atoms with Gasteiger partial charge in [-0.3, -0.25) is 4.79 Å². The first-order chi connectivity index (χ1) is 6.68. The molecule has 2 rings (SSSR count). The average molecular weight is 190 g/mol. The van der Waals surface area contributed by atoms with Gasteiger partial charge in [-0.2, -0.15) is 0 Å². The summed E-state index contributed by atoms with van der Waals surface area (Å²) in [5, 5.41) is 0. The van der Waals surface area contributed by atoms with Gasteiger partial charge in [-0.05, 0) is 18.6 Å². The molecule has 1 aliphatic heterocycles. The minimum atomic E-state index is -0.0157. The van der Waals surface area contributed by atoms with Crippen molar-refractivity contribution in [2.75, 3.05) is 6.61 Å². The van der Waals surface area contributed by atoms with E-state index in [0.717, 1.165) is 16.7 Å². The van der Waals surface area contributed by atoms with E-state index < -0.39 is 0 Å². The van der Waals surface area contributed by atoms with E-state index in [4.69, 9.17) is 4.74 Å². The molecule has 0 spiro atoms. The van der Waals surface area contributed by atoms with E-state index in [1.54, 1.807) is 0 Å². The summed E-state index contributed by atoms with van der Waals surface area (Å²) in [6.45, 7) is 5.02. The Morgan fingerprint density at radius 2 is 2.21 bits per heavy atom. The normalized spacial score (nSPS) is 21.6. The van der Waals surface area contributed by atoms with Crippen LogP contribution >= 0.6 is 0 Å². The van der Waals surface area contributed by atoms with Gasteiger partial charge in [-0.15, -0.1) is 0 Å². The number of ketones is 1. The molecule has 0 saturated heterocycles. The highest BCUT2D eigenvalue weighted by Gasteiger charge is 2.21. The molecule has 1 aromatic carbocycles. The summed E-state index contributed by atoms with van der Waals surface area (Å²) in [4.78, 5) is 11.9. The average Bonchev–Trinajstić information content (AvgIpc) is 2.30. The summed E-state index contributed by atoms with van der Waals surface area (Å²) in [7, 11) is 0. The molecule has 1 aliphatic rings. The van der Waals surface area contributed by atoms with Crippen LogP contribution in [0.15, 0.2) is 18.2 Å². The van der Waals surface area contributed by atoms with Gasteiger partial charge in [0.15, 0.2) is 5.78 Å². The van der Waals surface area contributed by atoms with E-state index in [1.807, 2.05) is 32.0 Å². The van der Waals surface area contributed by atoms with Crippen molar-refractivity contribution < 1.29 is 9.53 Å². The highest BCUT2D eigenvalue weighted by molar-refractivity contribution is 5.99. The largest absolute Gasteiger partial charge is 0.376 e. The fraction of sp³-hybridized carbons (Fsp3) is 0.417. The van der Waals surface area contributed by atoms with Crippen LogP contribution in [0.2, 0.25) is 0 Å². The Kier molecular flexibility index (Phi) is 2.38. The molecular weight excluding hydrogens is 176 g/mol. The molecule has 74 valence electrons. The molecule has 0 amide bonds. The molecule has 0 fully saturated rings. The summed E-state index contributed by atoms with van der Waals surface area (Å²) >= 11 is 0. The van der Waals surface area contributed by atoms with Gasteiger partial charge in [0.25, 0.3) is 0 Å². The lowest BCUT2D eigenvalue weighted by atomic mass is 9.96. The third kappa shape index (κ3) is 1.58. The topological polar surface area (TPSA) is 26.3 Å². The quantitative estimate of drug-likeness (QED) is 0.627. The zero-order valence-electron chi connectivity index (χ0n) is 8.54. The Hall–Kier alpha value is -1.15. The molecule has 2 nitrogen and oxygen atoms in total. The number of rotatable bonds is 0. The zero-order valence-corrected chi connectivity index (χ0v) is 8.54. The molecule has 1 unspecified atom stereocenters. The SMILES string of the molecule is Cc1ccc2c(c1)C(=O)C(C)COC2. The summed E-state index contributed by atoms with van der Waals surface area (Å²) in [6.07, 6.45) is 0. The lowest BCUT2D eigenvalue weighted by molar-refractivity contribution is 0.0749. The maximum atomic E-state index is 11.9. The second-order valence-electron chi connectivity index (χ2n) is 3.94. The molecule has 14 heavy (non-hydrogen) atoms. The Morgan fingerprint density at radius 3 is 3.00 bits per heavy atom. The number of hydrogen-bond acceptors (Lipinski definition) is 2. The van der Waals surface area contributed by atoms with Gasteiger partial charge in [0, 0.05) is 11.5 Å². The van der Waals surface area contributed by atoms with Crippen molar-refractivity contribution >= 4 is 5.78 Å². The van der Waals surface area contributed by atoms with Crippen LogP contribution in [0.1, 0.15) is 28.4 Å². The number of Topliss-reactive ketones (excluding diaryl/α,β-unsaturated/α-hetero) is 1. The van der Waals surface area contributed by atoms with Gasteiger partial charge in [0.2, 0.25) is 0 Å². The van der Waals surface area contributed by atoms with Crippen LogP contribution in [0.5, 0.6) is 0 Å². The lowest BCUT2D eigenvalue weighted by Crippen LogP contribution is -2.14. The highest BCUT2D eigenvalue weighted by Crippen LogP contribution is 2.21. The van der Waals surface area contributed by atoms with Gasteiger partial charge >= 0.3 is 0 Å². The third-order valence-corrected chi connectivity index (χ3v) is 2.60. The van der Waals surface area contributed by atoms with E-state index in [-0.39, 0.29) is 11.7 Å². The van der Waals surface area contributed by atoms with Crippen LogP contribution < -0.4 is 0 Å². The first kappa shape index (κ1) is 9.41. The molecule has 1 heterocycles. The van der Waals surface area contributed by atoms with Gasteiger partial charge in [-0.25, -0.2) is 0 Å². The van der Waals surface area contributed by atoms with E-state index in [1.165, 1.54) is 0 Å². The van der Waals surface area contributed by atoms with E-state index in [2.05, 4.69) is 0 Å². The zero-order chi connectivity index (χ0) is 10.1. The van der Waals surface area contributed by atoms with Crippen molar-refractivity contribution in [3.05, 3.63) is 34.9 Å². The van der Waals surface area contributed by atoms with Crippen molar-refractivity contribution in [1.82, 2.24) is 0 Å². The molecule has 2 heteroatoms. The van der Waals surface area contributed by atoms with Crippen molar-refractivity contribution in [2.24, 2.45) is 5.92 Å². The Bertz CT molecular complexity index is 369. The van der Waals surface area contributed by atoms with Crippen molar-refractivity contribution in [3.8, 4) is 0 Å². The van der Waals surface area contributed by atoms with E-state index in [9.17, 15) is 4.79 Å². The first-order valence-corrected chi connectivity index (χ1v) is 4.90. The molecule has 0 aromatic heterocycles. The van der Waals surface area contributed by atoms with Crippen LogP contribution in [0.3, 0.4) is 0 Å². The summed E-state index contributed by atoms with van der Waals surface area (Å²) in [6, 6.07) is 5.97. The maximum Gasteiger partial charge on any atom is 0.168 e. The fourth-order valence-electron chi connectivity index (χ4n) is 1.73. The minimum Gasteiger partial charge on any atom is -0.376 e. The van der Waals surface area contributed by atoms with Gasteiger partial charge in [0.05, 0.1) is 13.2 Å². The Morgan fingerprint density at radius 1 is 1.43 bits per heavy atom. The molecule has 0 N–H and O–H groups in total. The molecule has 0 saturated carbocycles. The van der Waals surface area contributed by atoms with E-state index in [0.29, 0.717) is 13.2 Å². The second kappa shape index (κ2) is 3.54. The Balaban J connectivity index is 2.50. The lowest BCUT2D eigenvalue weighted by Gasteiger charge is -2.06. The number of carbonyl (C=O) groups is 1. The Labute approximate surface area is 83.9 Å². The highest BCUT2D eigenvalue weighted by atomic mass is 16.5. The predicted molar refractivity (Wildman–Crippen MR) is 54.3 cm³/mol. The monoisotopic (exact) mass is 190 g/mol. The molecule has 0 bridgehead atoms. The van der Waals surface area contributed by atoms with Crippen molar-refractivity contribution in [2.45, 2.75) is 20.5 Å². The third-order valence-electron chi connectivity index (χ3n) is 2.60. The van der Waals surface area contributed by atoms with E-state index >= 15 is 0 Å². The predicted octanol–water partition coefficient (Wildman–Crippen LogP) is 2.34. The van der Waals surface area contributed by atoms with Crippen LogP contribution in [0.25, 0.3) is 0 Å². The molecule has 0 aliphatic carbocycles. The number of fused-ring (bicyclic) bond motifs is 1. The van der Waals surface area contributed by atoms with Crippen LogP contribution in [-0.2, 0) is 11.3 Å². The van der Waals surface area contributed by atoms with Crippen LogP contribution in [0, 0.1) is 12.8 Å². The summed E-state index contributed by atoms with van der Waals surface area (Å²) in [5.74, 6) is 0.194. The first-order valence-electron chi connectivity index (χ1n) is 4.90. The van der Waals surface area contributed by atoms with Gasteiger partial charge in [0.1, 0.15) is 0 Å². The fourth-order valence-corrected chi connectivity index (χ4v) is 1.73. The standard InChI is InChI=1S/C12H14O2/c1-8-3-4-10-7-14-6-9(2)12(13)11(10)5-8/h3-5,9H,6-7H2,1-2H3. The smallest absolute Gasteiger partial charge is 0.168 e. The number of hydrogen-bond donors (Lipinski definition) is 0. The van der Waals surface area contributed by atoms with Crippen molar-refractivity contribution in [1.29, 1.82) is 0 Å². The summed E-state index contributed by atoms with van der Waals surface area (Å²) < 4.78 is 5.42.